The number of hydrogen-bond acceptors (Lipinski definition) is 1. The molecule has 0 saturated heterocycles. The van der Waals surface area contributed by atoms with E-state index < -0.39 is 0 Å². The number of anilines is 1. The van der Waals surface area contributed by atoms with E-state index in [9.17, 15) is 0 Å². The molecule has 0 heterocycles. The lowest BCUT2D eigenvalue weighted by atomic mass is 10.1. The fraction of sp³-hybridized carbons (Fsp3) is 0.333. The van der Waals surface area contributed by atoms with Crippen LogP contribution in [-0.2, 0) is 6.42 Å². The highest BCUT2D eigenvalue weighted by molar-refractivity contribution is 6.21. The SMILES string of the molecule is CCCc1ccc(C(Cl)CN(C)c2ccccc2)cc1. The fourth-order valence-corrected chi connectivity index (χ4v) is 2.67. The van der Waals surface area contributed by atoms with Crippen molar-refractivity contribution in [2.75, 3.05) is 18.5 Å². The summed E-state index contributed by atoms with van der Waals surface area (Å²) in [5, 5.41) is 0.0101. The third-order valence-corrected chi connectivity index (χ3v) is 3.90. The minimum Gasteiger partial charge on any atom is -0.373 e. The van der Waals surface area contributed by atoms with Crippen molar-refractivity contribution in [1.29, 1.82) is 0 Å². The average Bonchev–Trinajstić information content (AvgIpc) is 2.49. The van der Waals surface area contributed by atoms with Gasteiger partial charge in [-0.15, -0.1) is 11.6 Å². The molecule has 0 bridgehead atoms. The summed E-state index contributed by atoms with van der Waals surface area (Å²) >= 11 is 6.54. The molecule has 0 radical (unpaired) electrons. The first-order valence-corrected chi connectivity index (χ1v) is 7.63. The van der Waals surface area contributed by atoms with Crippen molar-refractivity contribution in [3.8, 4) is 0 Å². The summed E-state index contributed by atoms with van der Waals surface area (Å²) in [5.41, 5.74) is 3.77. The molecule has 2 aromatic carbocycles. The third kappa shape index (κ3) is 4.01. The average molecular weight is 288 g/mol. The van der Waals surface area contributed by atoms with E-state index in [4.69, 9.17) is 11.6 Å². The molecule has 0 aliphatic carbocycles. The van der Waals surface area contributed by atoms with Crippen LogP contribution in [0.15, 0.2) is 54.6 Å². The van der Waals surface area contributed by atoms with Crippen LogP contribution in [0.3, 0.4) is 0 Å². The number of aryl methyl sites for hydroxylation is 1. The molecule has 2 rings (SSSR count). The Balaban J connectivity index is 1.99. The number of alkyl halides is 1. The second kappa shape index (κ2) is 7.35. The Bertz CT molecular complexity index is 507. The zero-order chi connectivity index (χ0) is 14.4. The number of halogens is 1. The Hall–Kier alpha value is -1.47. The van der Waals surface area contributed by atoms with Crippen LogP contribution in [0, 0.1) is 0 Å². The molecule has 20 heavy (non-hydrogen) atoms. The lowest BCUT2D eigenvalue weighted by Gasteiger charge is -2.22. The topological polar surface area (TPSA) is 3.24 Å². The number of para-hydroxylation sites is 1. The van der Waals surface area contributed by atoms with Crippen LogP contribution in [0.1, 0.15) is 29.8 Å². The molecule has 106 valence electrons. The van der Waals surface area contributed by atoms with Crippen LogP contribution < -0.4 is 4.90 Å². The van der Waals surface area contributed by atoms with Gasteiger partial charge >= 0.3 is 0 Å². The van der Waals surface area contributed by atoms with E-state index in [2.05, 4.69) is 67.4 Å². The van der Waals surface area contributed by atoms with Crippen LogP contribution in [0.25, 0.3) is 0 Å². The smallest absolute Gasteiger partial charge is 0.0760 e. The van der Waals surface area contributed by atoms with E-state index in [0.717, 1.165) is 13.0 Å². The maximum Gasteiger partial charge on any atom is 0.0760 e. The summed E-state index contributed by atoms with van der Waals surface area (Å²) in [6.45, 7) is 3.01. The summed E-state index contributed by atoms with van der Waals surface area (Å²) in [6.07, 6.45) is 2.32. The first kappa shape index (κ1) is 14.9. The van der Waals surface area contributed by atoms with E-state index in [1.54, 1.807) is 0 Å². The normalized spacial score (nSPS) is 12.2. The molecule has 0 N–H and O–H groups in total. The lowest BCUT2D eigenvalue weighted by molar-refractivity contribution is 0.848. The first-order chi connectivity index (χ1) is 9.70. The van der Waals surface area contributed by atoms with E-state index >= 15 is 0 Å². The van der Waals surface area contributed by atoms with E-state index in [1.807, 2.05) is 6.07 Å². The molecule has 1 unspecified atom stereocenters. The van der Waals surface area contributed by atoms with Gasteiger partial charge in [-0.25, -0.2) is 0 Å². The molecule has 2 heteroatoms. The highest BCUT2D eigenvalue weighted by Gasteiger charge is 2.11. The number of hydrogen-bond donors (Lipinski definition) is 0. The molecular weight excluding hydrogens is 266 g/mol. The molecule has 0 fully saturated rings. The standard InChI is InChI=1S/C18H22ClN/c1-3-7-15-10-12-16(13-11-15)18(19)14-20(2)17-8-5-4-6-9-17/h4-6,8-13,18H,3,7,14H2,1-2H3. The largest absolute Gasteiger partial charge is 0.373 e. The predicted molar refractivity (Wildman–Crippen MR) is 88.7 cm³/mol. The van der Waals surface area contributed by atoms with Gasteiger partial charge in [0.2, 0.25) is 0 Å². The van der Waals surface area contributed by atoms with Crippen molar-refractivity contribution in [2.24, 2.45) is 0 Å². The highest BCUT2D eigenvalue weighted by atomic mass is 35.5. The van der Waals surface area contributed by atoms with Gasteiger partial charge in [0, 0.05) is 19.3 Å². The number of rotatable bonds is 6. The summed E-state index contributed by atoms with van der Waals surface area (Å²) in [7, 11) is 2.08. The van der Waals surface area contributed by atoms with E-state index in [-0.39, 0.29) is 5.38 Å². The van der Waals surface area contributed by atoms with Gasteiger partial charge in [0.25, 0.3) is 0 Å². The maximum atomic E-state index is 6.54. The van der Waals surface area contributed by atoms with Gasteiger partial charge in [0.05, 0.1) is 5.38 Å². The quantitative estimate of drug-likeness (QED) is 0.672. The highest BCUT2D eigenvalue weighted by Crippen LogP contribution is 2.24. The number of nitrogens with zero attached hydrogens (tertiary/aromatic N) is 1. The maximum absolute atomic E-state index is 6.54. The molecule has 1 atom stereocenters. The molecule has 0 aliphatic rings. The monoisotopic (exact) mass is 287 g/mol. The Labute approximate surface area is 127 Å². The summed E-state index contributed by atoms with van der Waals surface area (Å²) in [5.74, 6) is 0. The molecule has 0 aliphatic heterocycles. The molecule has 0 aromatic heterocycles. The number of likely N-dealkylation sites (N-methyl/N-ethyl adjacent to an activating group) is 1. The minimum absolute atomic E-state index is 0.0101. The van der Waals surface area contributed by atoms with Gasteiger partial charge in [-0.05, 0) is 29.7 Å². The minimum atomic E-state index is 0.0101. The Morgan fingerprint density at radius 2 is 1.65 bits per heavy atom. The van der Waals surface area contributed by atoms with Crippen molar-refractivity contribution >= 4 is 17.3 Å². The first-order valence-electron chi connectivity index (χ1n) is 7.19. The molecular formula is C18H22ClN. The Morgan fingerprint density at radius 3 is 2.25 bits per heavy atom. The van der Waals surface area contributed by atoms with Gasteiger partial charge in [-0.1, -0.05) is 55.8 Å². The van der Waals surface area contributed by atoms with Gasteiger partial charge in [0.1, 0.15) is 0 Å². The van der Waals surface area contributed by atoms with E-state index in [0.29, 0.717) is 0 Å². The van der Waals surface area contributed by atoms with Gasteiger partial charge in [0.15, 0.2) is 0 Å². The summed E-state index contributed by atoms with van der Waals surface area (Å²) in [6, 6.07) is 19.0. The van der Waals surface area contributed by atoms with Crippen molar-refractivity contribution < 1.29 is 0 Å². The Morgan fingerprint density at radius 1 is 1.00 bits per heavy atom. The van der Waals surface area contributed by atoms with Gasteiger partial charge in [-0.2, -0.15) is 0 Å². The molecule has 2 aromatic rings. The zero-order valence-corrected chi connectivity index (χ0v) is 13.0. The number of benzene rings is 2. The summed E-state index contributed by atoms with van der Waals surface area (Å²) < 4.78 is 0. The van der Waals surface area contributed by atoms with Crippen LogP contribution in [0.4, 0.5) is 5.69 Å². The molecule has 0 amide bonds. The van der Waals surface area contributed by atoms with E-state index in [1.165, 1.54) is 23.2 Å². The zero-order valence-electron chi connectivity index (χ0n) is 12.2. The summed E-state index contributed by atoms with van der Waals surface area (Å²) in [4.78, 5) is 2.19. The van der Waals surface area contributed by atoms with Crippen LogP contribution in [0.2, 0.25) is 0 Å². The predicted octanol–water partition coefficient (Wildman–Crippen LogP) is 5.06. The van der Waals surface area contributed by atoms with Crippen LogP contribution in [0.5, 0.6) is 0 Å². The molecule has 0 saturated carbocycles. The van der Waals surface area contributed by atoms with Crippen LogP contribution >= 0.6 is 11.6 Å². The van der Waals surface area contributed by atoms with Gasteiger partial charge in [-0.3, -0.25) is 0 Å². The van der Waals surface area contributed by atoms with Crippen LogP contribution in [-0.4, -0.2) is 13.6 Å². The Kier molecular flexibility index (Phi) is 5.49. The van der Waals surface area contributed by atoms with Gasteiger partial charge < -0.3 is 4.90 Å². The molecule has 0 spiro atoms. The van der Waals surface area contributed by atoms with Crippen molar-refractivity contribution in [2.45, 2.75) is 25.1 Å². The van der Waals surface area contributed by atoms with Crippen molar-refractivity contribution in [3.63, 3.8) is 0 Å². The fourth-order valence-electron chi connectivity index (χ4n) is 2.32. The lowest BCUT2D eigenvalue weighted by Crippen LogP contribution is -2.21. The second-order valence-electron chi connectivity index (χ2n) is 5.18. The second-order valence-corrected chi connectivity index (χ2v) is 5.70. The van der Waals surface area contributed by atoms with Crippen molar-refractivity contribution in [3.05, 3.63) is 65.7 Å². The van der Waals surface area contributed by atoms with Crippen molar-refractivity contribution in [1.82, 2.24) is 0 Å². The molecule has 1 nitrogen and oxygen atoms in total. The third-order valence-electron chi connectivity index (χ3n) is 3.51.